The number of benzene rings is 14. The van der Waals surface area contributed by atoms with Gasteiger partial charge in [-0.3, -0.25) is 0 Å². The lowest BCUT2D eigenvalue weighted by molar-refractivity contribution is 0.0696. The maximum absolute atomic E-state index is 10.3. The first-order chi connectivity index (χ1) is 54.6. The molecule has 21 rings (SSSR count). The molecule has 546 valence electrons. The molecule has 0 aliphatic carbocycles. The van der Waals surface area contributed by atoms with Crippen molar-refractivity contribution in [3.8, 4) is 76.8 Å². The van der Waals surface area contributed by atoms with Gasteiger partial charge < -0.3 is 45.9 Å². The number of thiazole rings is 4. The van der Waals surface area contributed by atoms with Gasteiger partial charge in [-0.2, -0.15) is 0 Å². The van der Waals surface area contributed by atoms with Crippen molar-refractivity contribution >= 4 is 209 Å². The van der Waals surface area contributed by atoms with Gasteiger partial charge >= 0.3 is 5.97 Å². The molecule has 3 aliphatic rings. The van der Waals surface area contributed by atoms with Gasteiger partial charge in [0.1, 0.15) is 20.0 Å². The summed E-state index contributed by atoms with van der Waals surface area (Å²) < 4.78 is 25.7. The number of nitrogen functional groups attached to an aromatic ring is 2. The van der Waals surface area contributed by atoms with E-state index in [1.54, 1.807) is 75.7 Å². The number of nitrogens with one attached hydrogen (secondary N) is 1. The third-order valence-electron chi connectivity index (χ3n) is 18.4. The van der Waals surface area contributed by atoms with Crippen LogP contribution in [0.15, 0.2) is 322 Å². The first-order valence-electron chi connectivity index (χ1n) is 35.1. The summed E-state index contributed by atoms with van der Waals surface area (Å²) in [7, 11) is 0. The standard InChI is InChI=1S/C44H26N4O2S2.C20H10Br2N2S2.C12H9NO.C7H5BrO2.C7H10N2S/c1-5-13-37-33(9-1)47(34-10-2-6-14-38(34)49-37)29-21-17-27(18-22-29)43-45-31-25-42-32(26-41(31)51-43)46-44(52-42)28-19-23-30(24-20-28)48-35-11-3-7-15-39(35)50-40-16-8-4-12-36(40)48;21-13-5-1-11(2-6-13)19-23-15-9-18-16(10-17(15)25-19)24-20(26-18)12-3-7-14(22)8-4-12;1-3-7-11-9(5-1)13-10-6-2-4-8-12(10)14-11;8-6-3-1-5(2-4-6)7(9)10;1-4-2-6(9)7(10)3-5(4)8/h1-26H;1-10H;1-8,13H;1-4H,(H,9,10);2-3,10H,8-9H2,1H3. The van der Waals surface area contributed by atoms with Gasteiger partial charge in [0, 0.05) is 63.3 Å². The number of aromatic carboxylic acids is 1. The predicted molar refractivity (Wildman–Crippen MR) is 477 cm³/mol. The van der Waals surface area contributed by atoms with E-state index >= 15 is 0 Å². The zero-order valence-corrected chi connectivity index (χ0v) is 67.9. The molecule has 0 amide bonds. The number of aromatic nitrogens is 4. The maximum atomic E-state index is 10.3. The summed E-state index contributed by atoms with van der Waals surface area (Å²) in [6, 6.07) is 101. The van der Waals surface area contributed by atoms with Gasteiger partial charge in [0.25, 0.3) is 0 Å². The van der Waals surface area contributed by atoms with Gasteiger partial charge in [-0.05, 0) is 219 Å². The number of fused-ring (bicyclic) bond motifs is 10. The number of thiol groups is 1. The van der Waals surface area contributed by atoms with Crippen LogP contribution in [0.1, 0.15) is 15.9 Å². The summed E-state index contributed by atoms with van der Waals surface area (Å²) >= 11 is 21.1. The maximum Gasteiger partial charge on any atom is 0.335 e. The summed E-state index contributed by atoms with van der Waals surface area (Å²) in [5, 5.41) is 15.8. The van der Waals surface area contributed by atoms with Crippen molar-refractivity contribution in [3.63, 3.8) is 0 Å². The highest BCUT2D eigenvalue weighted by molar-refractivity contribution is 9.11. The number of rotatable bonds is 7. The Hall–Kier alpha value is -11.7. The number of nitrogens with zero attached hydrogens (tertiary/aromatic N) is 6. The van der Waals surface area contributed by atoms with Crippen LogP contribution in [-0.4, -0.2) is 31.0 Å². The molecule has 0 fully saturated rings. The SMILES string of the molecule is Brc1ccc(-c2nc3cc4sc(-c5ccc(Br)cc5)nc4cc3s2)cc1.Cc1cc(N)c(S)cc1N.O=C(O)c1ccc(Br)cc1.c1ccc2c(c1)Nc1ccccc1O2.c1ccc2c(c1)Oc1ccccc1N2c1ccc(-c2nc3cc4sc(-c5ccc(N6c7ccccc7Oc7ccccc76)cc5)nc4cc3s2)cc1. The Morgan fingerprint density at radius 3 is 0.982 bits per heavy atom. The smallest absolute Gasteiger partial charge is 0.335 e. The highest BCUT2D eigenvalue weighted by atomic mass is 79.9. The number of aryl methyl sites for hydroxylation is 1. The second-order valence-corrected chi connectivity index (χ2v) is 33.2. The summed E-state index contributed by atoms with van der Waals surface area (Å²) in [6.07, 6.45) is 0. The monoisotopic (exact) mass is 1740 g/mol. The van der Waals surface area contributed by atoms with Crippen LogP contribution >= 0.6 is 106 Å². The average Bonchev–Trinajstić information content (AvgIpc) is 0.976. The molecule has 14 aromatic carbocycles. The Kier molecular flexibility index (Phi) is 20.9. The average molecular weight is 1750 g/mol. The fourth-order valence-corrected chi connectivity index (χ4v) is 17.7. The van der Waals surface area contributed by atoms with Gasteiger partial charge in [0.15, 0.2) is 34.5 Å². The minimum absolute atomic E-state index is 0.309. The quantitative estimate of drug-likeness (QED) is 0.0749. The zero-order valence-electron chi connectivity index (χ0n) is 59.0. The van der Waals surface area contributed by atoms with Crippen molar-refractivity contribution in [3.05, 3.63) is 328 Å². The van der Waals surface area contributed by atoms with E-state index in [2.05, 4.69) is 197 Å². The topological polar surface area (TPSA) is 187 Å². The Morgan fingerprint density at radius 2 is 0.661 bits per heavy atom. The summed E-state index contributed by atoms with van der Waals surface area (Å²) in [6.45, 7) is 1.92. The minimum atomic E-state index is -0.896. The lowest BCUT2D eigenvalue weighted by Crippen LogP contribution is -2.15. The summed E-state index contributed by atoms with van der Waals surface area (Å²) in [4.78, 5) is 35.4. The molecule has 112 heavy (non-hydrogen) atoms. The van der Waals surface area contributed by atoms with E-state index in [1.165, 1.54) is 9.40 Å². The number of hydrogen-bond acceptors (Lipinski definition) is 18. The van der Waals surface area contributed by atoms with E-state index in [-0.39, 0.29) is 0 Å². The van der Waals surface area contributed by atoms with Crippen molar-refractivity contribution in [2.75, 3.05) is 26.6 Å². The van der Waals surface area contributed by atoms with Crippen LogP contribution < -0.4 is 40.8 Å². The number of carbonyl (C=O) groups is 1. The fraction of sp³-hybridized carbons (Fsp3) is 0.0111. The molecule has 0 bridgehead atoms. The lowest BCUT2D eigenvalue weighted by atomic mass is 10.1. The van der Waals surface area contributed by atoms with Gasteiger partial charge in [0.05, 0.1) is 80.6 Å². The van der Waals surface area contributed by atoms with Gasteiger partial charge in [-0.15, -0.1) is 58.0 Å². The van der Waals surface area contributed by atoms with Crippen molar-refractivity contribution < 1.29 is 24.1 Å². The predicted octanol–water partition coefficient (Wildman–Crippen LogP) is 28.3. The largest absolute Gasteiger partial charge is 0.478 e. The van der Waals surface area contributed by atoms with E-state index in [1.807, 2.05) is 159 Å². The Bertz CT molecular complexity index is 5950. The normalized spacial score (nSPS) is 11.8. The molecule has 18 aromatic rings. The van der Waals surface area contributed by atoms with E-state index in [4.69, 9.17) is 50.7 Å². The number of hydrogen-bond donors (Lipinski definition) is 5. The number of para-hydroxylation sites is 12. The molecule has 0 saturated heterocycles. The van der Waals surface area contributed by atoms with Crippen LogP contribution in [0.4, 0.5) is 56.9 Å². The molecule has 4 aromatic heterocycles. The molecular formula is C90H60Br3N9O5S5. The molecular weight excluding hydrogens is 1690 g/mol. The number of halogens is 3. The highest BCUT2D eigenvalue weighted by Crippen LogP contribution is 2.53. The van der Waals surface area contributed by atoms with E-state index in [9.17, 15) is 4.79 Å². The van der Waals surface area contributed by atoms with Gasteiger partial charge in [-0.1, -0.05) is 145 Å². The van der Waals surface area contributed by atoms with Crippen LogP contribution in [0.25, 0.3) is 83.2 Å². The molecule has 7 heterocycles. The molecule has 3 aliphatic heterocycles. The van der Waals surface area contributed by atoms with E-state index in [0.717, 1.165) is 183 Å². The second-order valence-electron chi connectivity index (χ2n) is 25.8. The van der Waals surface area contributed by atoms with E-state index < -0.39 is 5.97 Å². The summed E-state index contributed by atoms with van der Waals surface area (Å²) in [5.74, 6) is 4.24. The molecule has 6 N–H and O–H groups in total. The van der Waals surface area contributed by atoms with Crippen LogP contribution in [-0.2, 0) is 0 Å². The number of carboxylic acid groups (broad SMARTS) is 1. The third kappa shape index (κ3) is 15.6. The first kappa shape index (κ1) is 73.1. The molecule has 0 radical (unpaired) electrons. The number of carboxylic acids is 1. The Morgan fingerprint density at radius 1 is 0.375 bits per heavy atom. The molecule has 14 nitrogen and oxygen atoms in total. The van der Waals surface area contributed by atoms with Crippen LogP contribution in [0, 0.1) is 6.92 Å². The number of ether oxygens (including phenoxy) is 3. The molecule has 0 spiro atoms. The van der Waals surface area contributed by atoms with Crippen LogP contribution in [0.5, 0.6) is 34.5 Å². The second kappa shape index (κ2) is 31.9. The minimum Gasteiger partial charge on any atom is -0.478 e. The first-order valence-corrected chi connectivity index (χ1v) is 41.2. The van der Waals surface area contributed by atoms with Crippen molar-refractivity contribution in [1.82, 2.24) is 19.9 Å². The van der Waals surface area contributed by atoms with Crippen molar-refractivity contribution in [2.45, 2.75) is 11.8 Å². The Balaban J connectivity index is 0.000000124. The van der Waals surface area contributed by atoms with Gasteiger partial charge in [0.2, 0.25) is 0 Å². The lowest BCUT2D eigenvalue weighted by Gasteiger charge is -2.32. The van der Waals surface area contributed by atoms with Crippen molar-refractivity contribution in [2.24, 2.45) is 0 Å². The van der Waals surface area contributed by atoms with Crippen LogP contribution in [0.3, 0.4) is 0 Å². The third-order valence-corrected chi connectivity index (χ3v) is 24.6. The van der Waals surface area contributed by atoms with Crippen molar-refractivity contribution in [1.29, 1.82) is 0 Å². The zero-order chi connectivity index (χ0) is 76.5. The fourth-order valence-electron chi connectivity index (χ4n) is 12.8. The summed E-state index contributed by atoms with van der Waals surface area (Å²) in [5.41, 5.74) is 30.6. The Labute approximate surface area is 690 Å². The van der Waals surface area contributed by atoms with E-state index in [0.29, 0.717) is 11.3 Å². The van der Waals surface area contributed by atoms with Gasteiger partial charge in [-0.25, -0.2) is 24.7 Å². The molecule has 0 unspecified atom stereocenters. The number of anilines is 10. The molecule has 0 saturated carbocycles. The van der Waals surface area contributed by atoms with Crippen LogP contribution in [0.2, 0.25) is 0 Å². The highest BCUT2D eigenvalue weighted by Gasteiger charge is 2.28. The number of nitrogens with two attached hydrogens (primary N) is 2. The molecule has 22 heteroatoms. The molecule has 0 atom stereocenters.